The van der Waals surface area contributed by atoms with Gasteiger partial charge in [0.2, 0.25) is 10.0 Å². The molecule has 9 nitrogen and oxygen atoms in total. The molecule has 2 fully saturated rings. The van der Waals surface area contributed by atoms with Crippen LogP contribution in [0.3, 0.4) is 0 Å². The van der Waals surface area contributed by atoms with E-state index in [-0.39, 0.29) is 23.4 Å². The highest BCUT2D eigenvalue weighted by Crippen LogP contribution is 2.30. The number of nitrogens with zero attached hydrogens (tertiary/aromatic N) is 4. The molecular formula is C21H28N6O3S. The number of anilines is 2. The van der Waals surface area contributed by atoms with Crippen LogP contribution in [0.2, 0.25) is 0 Å². The molecule has 2 aromatic rings. The topological polar surface area (TPSA) is 117 Å². The number of nitrogens with one attached hydrogen (secondary N) is 2. The van der Waals surface area contributed by atoms with Crippen LogP contribution in [0.25, 0.3) is 0 Å². The van der Waals surface area contributed by atoms with Crippen LogP contribution in [-0.4, -0.2) is 47.1 Å². The number of carbonyl (C=O) groups excluding carboxylic acids is 1. The van der Waals surface area contributed by atoms with Gasteiger partial charge in [0, 0.05) is 18.8 Å². The van der Waals surface area contributed by atoms with E-state index < -0.39 is 10.0 Å². The van der Waals surface area contributed by atoms with Crippen LogP contribution in [0.15, 0.2) is 24.5 Å². The fourth-order valence-corrected chi connectivity index (χ4v) is 5.12. The van der Waals surface area contributed by atoms with Crippen LogP contribution in [0.5, 0.6) is 0 Å². The van der Waals surface area contributed by atoms with Crippen LogP contribution in [0, 0.1) is 6.92 Å². The Balaban J connectivity index is 1.37. The minimum atomic E-state index is -3.34. The molecule has 166 valence electrons. The predicted molar refractivity (Wildman–Crippen MR) is 118 cm³/mol. The Morgan fingerprint density at radius 2 is 2.06 bits per heavy atom. The smallest absolute Gasteiger partial charge is 0.271 e. The van der Waals surface area contributed by atoms with Gasteiger partial charge < -0.3 is 10.2 Å². The summed E-state index contributed by atoms with van der Waals surface area (Å²) in [5.41, 5.74) is 1.98. The van der Waals surface area contributed by atoms with E-state index in [4.69, 9.17) is 0 Å². The summed E-state index contributed by atoms with van der Waals surface area (Å²) in [6, 6.07) is 3.73. The van der Waals surface area contributed by atoms with Gasteiger partial charge in [0.05, 0.1) is 35.1 Å². The van der Waals surface area contributed by atoms with Crippen molar-refractivity contribution in [3.63, 3.8) is 0 Å². The first kappa shape index (κ1) is 21.5. The van der Waals surface area contributed by atoms with E-state index in [0.29, 0.717) is 30.3 Å². The van der Waals surface area contributed by atoms with Crippen molar-refractivity contribution in [2.75, 3.05) is 16.2 Å². The van der Waals surface area contributed by atoms with Crippen LogP contribution in [0.4, 0.5) is 11.5 Å². The Morgan fingerprint density at radius 3 is 2.71 bits per heavy atom. The Kier molecular flexibility index (Phi) is 6.08. The number of sulfonamides is 1. The molecular weight excluding hydrogens is 416 g/mol. The number of hydrogen-bond acceptors (Lipinski definition) is 7. The van der Waals surface area contributed by atoms with E-state index in [9.17, 15) is 13.2 Å². The molecule has 3 heterocycles. The third kappa shape index (κ3) is 4.95. The summed E-state index contributed by atoms with van der Waals surface area (Å²) in [6.07, 6.45) is 7.84. The molecule has 31 heavy (non-hydrogen) atoms. The second-order valence-electron chi connectivity index (χ2n) is 8.15. The molecule has 2 aliphatic rings. The maximum atomic E-state index is 12.5. The normalized spacial score (nSPS) is 18.4. The second kappa shape index (κ2) is 8.78. The SMILES string of the molecule is CCC[C@H]1CCN1c1ncc(C(=O)NCc2cc(NS(=O)(=O)C3CC3)ccn2)nc1C. The number of aromatic nitrogens is 3. The lowest BCUT2D eigenvalue weighted by atomic mass is 9.98. The summed E-state index contributed by atoms with van der Waals surface area (Å²) in [5.74, 6) is 0.500. The van der Waals surface area contributed by atoms with Gasteiger partial charge in [-0.3, -0.25) is 14.5 Å². The van der Waals surface area contributed by atoms with Crippen molar-refractivity contribution in [3.05, 3.63) is 41.6 Å². The quantitative estimate of drug-likeness (QED) is 0.610. The van der Waals surface area contributed by atoms with Gasteiger partial charge >= 0.3 is 0 Å². The molecule has 2 aromatic heterocycles. The van der Waals surface area contributed by atoms with Crippen LogP contribution >= 0.6 is 0 Å². The monoisotopic (exact) mass is 444 g/mol. The van der Waals surface area contributed by atoms with Crippen LogP contribution in [-0.2, 0) is 16.6 Å². The average molecular weight is 445 g/mol. The molecule has 0 aromatic carbocycles. The molecule has 1 atom stereocenters. The molecule has 1 saturated heterocycles. The summed E-state index contributed by atoms with van der Waals surface area (Å²) in [5, 5.41) is 2.48. The zero-order valence-electron chi connectivity index (χ0n) is 17.8. The maximum absolute atomic E-state index is 12.5. The van der Waals surface area contributed by atoms with Crippen molar-refractivity contribution in [2.24, 2.45) is 0 Å². The number of rotatable bonds is 9. The fourth-order valence-electron chi connectivity index (χ4n) is 3.75. The van der Waals surface area contributed by atoms with Crippen molar-refractivity contribution >= 4 is 27.4 Å². The molecule has 0 radical (unpaired) electrons. The number of pyridine rings is 1. The lowest BCUT2D eigenvalue weighted by molar-refractivity contribution is 0.0944. The molecule has 0 unspecified atom stereocenters. The molecule has 1 amide bonds. The molecule has 2 N–H and O–H groups in total. The molecule has 10 heteroatoms. The summed E-state index contributed by atoms with van der Waals surface area (Å²) in [7, 11) is -3.34. The van der Waals surface area contributed by atoms with Gasteiger partial charge in [0.1, 0.15) is 11.5 Å². The highest BCUT2D eigenvalue weighted by molar-refractivity contribution is 7.93. The van der Waals surface area contributed by atoms with Crippen molar-refractivity contribution < 1.29 is 13.2 Å². The lowest BCUT2D eigenvalue weighted by Gasteiger charge is -2.42. The van der Waals surface area contributed by atoms with Gasteiger partial charge in [0.25, 0.3) is 5.91 Å². The number of amides is 1. The first-order chi connectivity index (χ1) is 14.9. The Bertz CT molecular complexity index is 1070. The largest absolute Gasteiger partial charge is 0.352 e. The van der Waals surface area contributed by atoms with Crippen LogP contribution in [0.1, 0.15) is 60.9 Å². The first-order valence-corrected chi connectivity index (χ1v) is 12.3. The van der Waals surface area contributed by atoms with E-state index in [2.05, 4.69) is 36.8 Å². The number of hydrogen-bond donors (Lipinski definition) is 2. The molecule has 0 bridgehead atoms. The third-order valence-corrected chi connectivity index (χ3v) is 7.53. The summed E-state index contributed by atoms with van der Waals surface area (Å²) >= 11 is 0. The van der Waals surface area contributed by atoms with Gasteiger partial charge in [-0.25, -0.2) is 18.4 Å². The Labute approximate surface area is 182 Å². The van der Waals surface area contributed by atoms with E-state index >= 15 is 0 Å². The van der Waals surface area contributed by atoms with E-state index in [1.54, 1.807) is 12.1 Å². The van der Waals surface area contributed by atoms with Crippen molar-refractivity contribution in [3.8, 4) is 0 Å². The zero-order chi connectivity index (χ0) is 22.0. The maximum Gasteiger partial charge on any atom is 0.271 e. The standard InChI is InChI=1S/C21H28N6O3S/c1-3-4-17-8-10-27(17)20-14(2)25-19(13-23-20)21(28)24-12-16-11-15(7-9-22-16)26-31(29,30)18-5-6-18/h7,9,11,13,17-18H,3-6,8,10,12H2,1-2H3,(H,22,26)(H,24,28)/t17-/m0/s1. The molecule has 1 aliphatic carbocycles. The van der Waals surface area contributed by atoms with Gasteiger partial charge in [-0.2, -0.15) is 0 Å². The van der Waals surface area contributed by atoms with Gasteiger partial charge in [-0.05, 0) is 44.7 Å². The van der Waals surface area contributed by atoms with Crippen molar-refractivity contribution in [1.82, 2.24) is 20.3 Å². The average Bonchev–Trinajstić information content (AvgIpc) is 3.57. The van der Waals surface area contributed by atoms with Gasteiger partial charge in [-0.1, -0.05) is 13.3 Å². The number of aryl methyl sites for hydroxylation is 1. The van der Waals surface area contributed by atoms with E-state index in [0.717, 1.165) is 30.9 Å². The zero-order valence-corrected chi connectivity index (χ0v) is 18.7. The van der Waals surface area contributed by atoms with Gasteiger partial charge in [-0.15, -0.1) is 0 Å². The van der Waals surface area contributed by atoms with E-state index in [1.165, 1.54) is 18.8 Å². The number of carbonyl (C=O) groups is 1. The summed E-state index contributed by atoms with van der Waals surface area (Å²) < 4.78 is 26.8. The van der Waals surface area contributed by atoms with Crippen molar-refractivity contribution in [1.29, 1.82) is 0 Å². The molecule has 1 saturated carbocycles. The van der Waals surface area contributed by atoms with E-state index in [1.807, 2.05) is 6.92 Å². The van der Waals surface area contributed by atoms with Crippen molar-refractivity contribution in [2.45, 2.75) is 63.8 Å². The minimum absolute atomic E-state index is 0.158. The summed E-state index contributed by atoms with van der Waals surface area (Å²) in [4.78, 5) is 27.9. The predicted octanol–water partition coefficient (Wildman–Crippen LogP) is 2.39. The second-order valence-corrected chi connectivity index (χ2v) is 10.1. The Morgan fingerprint density at radius 1 is 1.26 bits per heavy atom. The minimum Gasteiger partial charge on any atom is -0.352 e. The Hall–Kier alpha value is -2.75. The summed E-state index contributed by atoms with van der Waals surface area (Å²) in [6.45, 7) is 5.18. The molecule has 1 aliphatic heterocycles. The third-order valence-electron chi connectivity index (χ3n) is 5.66. The molecule has 4 rings (SSSR count). The first-order valence-electron chi connectivity index (χ1n) is 10.7. The van der Waals surface area contributed by atoms with Gasteiger partial charge in [0.15, 0.2) is 0 Å². The highest BCUT2D eigenvalue weighted by Gasteiger charge is 2.35. The fraction of sp³-hybridized carbons (Fsp3) is 0.524. The van der Waals surface area contributed by atoms with Crippen LogP contribution < -0.4 is 14.9 Å². The highest BCUT2D eigenvalue weighted by atomic mass is 32.2. The lowest BCUT2D eigenvalue weighted by Crippen LogP contribution is -2.48. The molecule has 0 spiro atoms.